The van der Waals surface area contributed by atoms with Crippen LogP contribution in [0, 0.1) is 5.41 Å². The molecule has 8 nitrogen and oxygen atoms in total. The summed E-state index contributed by atoms with van der Waals surface area (Å²) in [5, 5.41) is 10.2. The van der Waals surface area contributed by atoms with Crippen molar-refractivity contribution in [1.29, 1.82) is 5.41 Å². The van der Waals surface area contributed by atoms with E-state index in [0.717, 1.165) is 29.9 Å². The van der Waals surface area contributed by atoms with Crippen LogP contribution in [0.1, 0.15) is 18.3 Å². The maximum absolute atomic E-state index is 13.6. The lowest BCUT2D eigenvalue weighted by molar-refractivity contribution is -0.137. The zero-order valence-corrected chi connectivity index (χ0v) is 21.1. The minimum absolute atomic E-state index is 0.0341. The van der Waals surface area contributed by atoms with Gasteiger partial charge in [-0.25, -0.2) is 18.2 Å². The molecule has 1 heterocycles. The zero-order valence-electron chi connectivity index (χ0n) is 18.7. The molecule has 0 fully saturated rings. The van der Waals surface area contributed by atoms with Gasteiger partial charge < -0.3 is 10.1 Å². The summed E-state index contributed by atoms with van der Waals surface area (Å²) < 4.78 is 73.4. The van der Waals surface area contributed by atoms with Gasteiger partial charge in [-0.2, -0.15) is 17.5 Å². The highest BCUT2D eigenvalue weighted by atomic mass is 35.5. The Morgan fingerprint density at radius 1 is 1.19 bits per heavy atom. The molecule has 3 rings (SSSR count). The van der Waals surface area contributed by atoms with Crippen LogP contribution in [0.2, 0.25) is 0 Å². The van der Waals surface area contributed by atoms with Gasteiger partial charge in [0.2, 0.25) is 0 Å². The lowest BCUT2D eigenvalue weighted by Crippen LogP contribution is -2.20. The van der Waals surface area contributed by atoms with Crippen LogP contribution in [0.4, 0.5) is 18.9 Å². The van der Waals surface area contributed by atoms with E-state index in [9.17, 15) is 26.4 Å². The Kier molecular flexibility index (Phi) is 8.16. The van der Waals surface area contributed by atoms with Crippen LogP contribution in [0.3, 0.4) is 0 Å². The van der Waals surface area contributed by atoms with Gasteiger partial charge in [0.15, 0.2) is 21.4 Å². The molecule has 190 valence electrons. The molecule has 0 saturated carbocycles. The van der Waals surface area contributed by atoms with E-state index in [1.807, 2.05) is 0 Å². The average molecular weight is 559 g/mol. The monoisotopic (exact) mass is 558 g/mol. The van der Waals surface area contributed by atoms with Crippen molar-refractivity contribution >= 4 is 56.0 Å². The highest BCUT2D eigenvalue weighted by Gasteiger charge is 2.34. The van der Waals surface area contributed by atoms with Gasteiger partial charge in [-0.05, 0) is 42.7 Å². The van der Waals surface area contributed by atoms with E-state index in [-0.39, 0.29) is 28.0 Å². The summed E-state index contributed by atoms with van der Waals surface area (Å²) in [5.41, 5.74) is -2.21. The molecule has 0 saturated heterocycles. The van der Waals surface area contributed by atoms with Crippen molar-refractivity contribution in [3.63, 3.8) is 0 Å². The quantitative estimate of drug-likeness (QED) is 0.287. The number of anilines is 1. The fourth-order valence-electron chi connectivity index (χ4n) is 2.90. The summed E-state index contributed by atoms with van der Waals surface area (Å²) in [4.78, 5) is 16.4. The molecule has 14 heteroatoms. The number of carbonyl (C=O) groups is 1. The van der Waals surface area contributed by atoms with Crippen LogP contribution in [-0.2, 0) is 25.5 Å². The molecule has 0 unspecified atom stereocenters. The second-order valence-electron chi connectivity index (χ2n) is 7.18. The summed E-state index contributed by atoms with van der Waals surface area (Å²) in [6, 6.07) is 10.4. The smallest absolute Gasteiger partial charge is 0.418 e. The number of ether oxygens (including phenoxy) is 1. The van der Waals surface area contributed by atoms with Crippen molar-refractivity contribution in [3.05, 3.63) is 65.0 Å². The van der Waals surface area contributed by atoms with Crippen molar-refractivity contribution in [2.75, 3.05) is 18.2 Å². The van der Waals surface area contributed by atoms with Crippen molar-refractivity contribution in [1.82, 2.24) is 9.36 Å². The molecular weight excluding hydrogens is 541 g/mol. The number of benzene rings is 2. The van der Waals surface area contributed by atoms with Crippen LogP contribution >= 0.6 is 23.1 Å². The van der Waals surface area contributed by atoms with Gasteiger partial charge >= 0.3 is 12.1 Å². The Morgan fingerprint density at radius 2 is 1.89 bits per heavy atom. The van der Waals surface area contributed by atoms with Crippen LogP contribution in [-0.4, -0.2) is 42.3 Å². The molecule has 0 aliphatic heterocycles. The first-order valence-corrected chi connectivity index (χ1v) is 13.1. The van der Waals surface area contributed by atoms with Crippen LogP contribution in [0.15, 0.2) is 58.5 Å². The Morgan fingerprint density at radius 3 is 2.53 bits per heavy atom. The number of esters is 1. The summed E-state index contributed by atoms with van der Waals surface area (Å²) in [6.07, 6.45) is -3.68. The lowest BCUT2D eigenvalue weighted by atomic mass is 10.1. The molecule has 2 aromatic carbocycles. The summed E-state index contributed by atoms with van der Waals surface area (Å²) in [6.45, 7) is 1.46. The van der Waals surface area contributed by atoms with Crippen molar-refractivity contribution in [2.24, 2.45) is 0 Å². The number of hydrogen-bond donors (Lipinski definition) is 2. The molecular formula is C22H18ClF3N4O4S2. The summed E-state index contributed by atoms with van der Waals surface area (Å²) in [5.74, 6) is -1.31. The van der Waals surface area contributed by atoms with E-state index < -0.39 is 44.0 Å². The highest BCUT2D eigenvalue weighted by molar-refractivity contribution is 7.90. The lowest BCUT2D eigenvalue weighted by Gasteiger charge is -2.16. The number of nitrogens with zero attached hydrogens (tertiary/aromatic N) is 2. The molecule has 1 aromatic heterocycles. The van der Waals surface area contributed by atoms with Crippen molar-refractivity contribution < 1.29 is 31.1 Å². The number of rotatable bonds is 8. The Labute approximate surface area is 213 Å². The first-order valence-electron chi connectivity index (χ1n) is 10.1. The number of nitrogens with one attached hydrogen (secondary N) is 2. The number of hydrogen-bond acceptors (Lipinski definition) is 9. The Hall–Kier alpha value is -3.29. The summed E-state index contributed by atoms with van der Waals surface area (Å²) >= 11 is 7.10. The minimum Gasteiger partial charge on any atom is -0.461 e. The van der Waals surface area contributed by atoms with E-state index in [0.29, 0.717) is 5.56 Å². The van der Waals surface area contributed by atoms with Gasteiger partial charge in [0.1, 0.15) is 15.7 Å². The van der Waals surface area contributed by atoms with Gasteiger partial charge in [-0.3, -0.25) is 5.41 Å². The van der Waals surface area contributed by atoms with Crippen molar-refractivity contribution in [3.8, 4) is 10.6 Å². The normalized spacial score (nSPS) is 12.6. The third-order valence-corrected chi connectivity index (χ3v) is 6.82. The fourth-order valence-corrected chi connectivity index (χ4v) is 4.44. The number of aromatic nitrogens is 2. The molecule has 0 radical (unpaired) electrons. The topological polar surface area (TPSA) is 122 Å². The number of carbonyl (C=O) groups excluding carboxylic acids is 1. The minimum atomic E-state index is -4.72. The fraction of sp³-hybridized carbons (Fsp3) is 0.182. The molecule has 3 aromatic rings. The Bertz CT molecular complexity index is 1450. The first-order chi connectivity index (χ1) is 16.8. The van der Waals surface area contributed by atoms with Gasteiger partial charge in [0, 0.05) is 11.8 Å². The maximum Gasteiger partial charge on any atom is 0.418 e. The molecule has 0 aliphatic rings. The van der Waals surface area contributed by atoms with Crippen LogP contribution < -0.4 is 5.32 Å². The number of halogens is 4. The molecule has 0 atom stereocenters. The Balaban J connectivity index is 2.13. The van der Waals surface area contributed by atoms with Gasteiger partial charge in [0.25, 0.3) is 0 Å². The average Bonchev–Trinajstić information content (AvgIpc) is 3.31. The van der Waals surface area contributed by atoms with Crippen LogP contribution in [0.25, 0.3) is 16.3 Å². The predicted molar refractivity (Wildman–Crippen MR) is 131 cm³/mol. The number of sulfone groups is 1. The van der Waals surface area contributed by atoms with Gasteiger partial charge in [-0.1, -0.05) is 35.9 Å². The third-order valence-electron chi connectivity index (χ3n) is 4.57. The van der Waals surface area contributed by atoms with Crippen molar-refractivity contribution in [2.45, 2.75) is 18.0 Å². The van der Waals surface area contributed by atoms with E-state index in [1.165, 1.54) is 37.3 Å². The van der Waals surface area contributed by atoms with Crippen LogP contribution in [0.5, 0.6) is 0 Å². The zero-order chi connectivity index (χ0) is 26.7. The van der Waals surface area contributed by atoms with Gasteiger partial charge in [0.05, 0.1) is 22.8 Å². The largest absolute Gasteiger partial charge is 0.461 e. The second kappa shape index (κ2) is 10.8. The SMILES string of the molecule is CCOC(=O)C(=N)/C(Cl)=C(\Nc1ccccc1C(F)(F)F)c1nsc(-c2cccc(S(C)(=O)=O)c2)n1. The predicted octanol–water partition coefficient (Wildman–Crippen LogP) is 5.23. The molecule has 0 aliphatic carbocycles. The standard InChI is InChI=1S/C22H18ClF3N4O4S2/c1-3-34-21(31)17(27)16(23)18(28-15-10-5-4-9-14(15)22(24,25)26)19-29-20(35-30-19)12-7-6-8-13(11-12)36(2,32)33/h4-11,27-28H,3H2,1-2H3/b18-16+,27-17?. The first kappa shape index (κ1) is 27.3. The van der Waals surface area contributed by atoms with Gasteiger partial charge in [-0.15, -0.1) is 0 Å². The van der Waals surface area contributed by atoms with E-state index >= 15 is 0 Å². The number of alkyl halides is 3. The molecule has 2 N–H and O–H groups in total. The van der Waals surface area contributed by atoms with E-state index in [2.05, 4.69) is 14.7 Å². The third kappa shape index (κ3) is 6.28. The summed E-state index contributed by atoms with van der Waals surface area (Å²) in [7, 11) is -3.51. The van der Waals surface area contributed by atoms with E-state index in [4.69, 9.17) is 21.7 Å². The molecule has 0 amide bonds. The second-order valence-corrected chi connectivity index (χ2v) is 10.3. The highest BCUT2D eigenvalue weighted by Crippen LogP contribution is 2.37. The molecule has 0 spiro atoms. The maximum atomic E-state index is 13.6. The number of para-hydroxylation sites is 1. The molecule has 36 heavy (non-hydrogen) atoms. The molecule has 0 bridgehead atoms. The van der Waals surface area contributed by atoms with E-state index in [1.54, 1.807) is 6.07 Å².